The number of carbonyl (C=O) groups excluding carboxylic acids is 1. The smallest absolute Gasteiger partial charge is 0.250 e. The van der Waals surface area contributed by atoms with E-state index < -0.39 is 0 Å². The van der Waals surface area contributed by atoms with E-state index in [1.54, 1.807) is 0 Å². The molecule has 3 rings (SSSR count). The first-order chi connectivity index (χ1) is 10.3. The van der Waals surface area contributed by atoms with Gasteiger partial charge in [-0.3, -0.25) is 4.79 Å². The van der Waals surface area contributed by atoms with Crippen molar-refractivity contribution in [1.29, 1.82) is 0 Å². The average molecular weight is 288 g/mol. The van der Waals surface area contributed by atoms with E-state index in [9.17, 15) is 4.79 Å². The highest BCUT2D eigenvalue weighted by Crippen LogP contribution is 2.14. The summed E-state index contributed by atoms with van der Waals surface area (Å²) in [5.74, 6) is 0.917. The Morgan fingerprint density at radius 1 is 1.52 bits per heavy atom. The molecular weight excluding hydrogens is 268 g/mol. The summed E-state index contributed by atoms with van der Waals surface area (Å²) in [5.41, 5.74) is 2.10. The topological polar surface area (TPSA) is 68.2 Å². The number of ether oxygens (including phenoxy) is 1. The van der Waals surface area contributed by atoms with Crippen LogP contribution in [-0.4, -0.2) is 47.8 Å². The van der Waals surface area contributed by atoms with E-state index in [0.717, 1.165) is 23.4 Å². The molecule has 1 aliphatic heterocycles. The first-order valence-corrected chi connectivity index (χ1v) is 7.26. The second-order valence-corrected chi connectivity index (χ2v) is 5.18. The van der Waals surface area contributed by atoms with Crippen LogP contribution >= 0.6 is 0 Å². The predicted molar refractivity (Wildman–Crippen MR) is 80.0 cm³/mol. The number of nitrogens with one attached hydrogen (secondary N) is 2. The Balaban J connectivity index is 1.56. The van der Waals surface area contributed by atoms with Gasteiger partial charge in [0.15, 0.2) is 0 Å². The largest absolute Gasteiger partial charge is 0.366 e. The molecule has 1 aromatic carbocycles. The number of aryl methyl sites for hydroxylation is 1. The van der Waals surface area contributed by atoms with Crippen molar-refractivity contribution in [3.8, 4) is 0 Å². The lowest BCUT2D eigenvalue weighted by atomic mass is 10.3. The van der Waals surface area contributed by atoms with E-state index in [4.69, 9.17) is 4.74 Å². The van der Waals surface area contributed by atoms with Gasteiger partial charge in [-0.15, -0.1) is 0 Å². The quantitative estimate of drug-likeness (QED) is 0.844. The van der Waals surface area contributed by atoms with Crippen molar-refractivity contribution in [2.24, 2.45) is 7.05 Å². The summed E-state index contributed by atoms with van der Waals surface area (Å²) < 4.78 is 7.49. The minimum absolute atomic E-state index is 0.0547. The highest BCUT2D eigenvalue weighted by molar-refractivity contribution is 5.81. The lowest BCUT2D eigenvalue weighted by Gasteiger charge is -2.22. The third-order valence-electron chi connectivity index (χ3n) is 3.75. The zero-order valence-corrected chi connectivity index (χ0v) is 12.1. The van der Waals surface area contributed by atoms with Crippen molar-refractivity contribution in [3.63, 3.8) is 0 Å². The zero-order chi connectivity index (χ0) is 14.7. The summed E-state index contributed by atoms with van der Waals surface area (Å²) in [5, 5.41) is 6.06. The van der Waals surface area contributed by atoms with Crippen LogP contribution < -0.4 is 10.6 Å². The number of hydrogen-bond acceptors (Lipinski definition) is 4. The molecule has 2 N–H and O–H groups in total. The van der Waals surface area contributed by atoms with Crippen LogP contribution in [0.25, 0.3) is 11.0 Å². The molecule has 1 aromatic heterocycles. The lowest BCUT2D eigenvalue weighted by Crippen LogP contribution is -2.48. The van der Waals surface area contributed by atoms with Gasteiger partial charge in [0.25, 0.3) is 0 Å². The lowest BCUT2D eigenvalue weighted by molar-refractivity contribution is -0.134. The number of rotatable bonds is 4. The van der Waals surface area contributed by atoms with Crippen LogP contribution in [0, 0.1) is 0 Å². The Hall–Kier alpha value is -1.92. The van der Waals surface area contributed by atoms with Crippen molar-refractivity contribution in [3.05, 3.63) is 30.1 Å². The van der Waals surface area contributed by atoms with Gasteiger partial charge in [0, 0.05) is 33.1 Å². The molecule has 0 unspecified atom stereocenters. The van der Waals surface area contributed by atoms with Crippen LogP contribution in [0.15, 0.2) is 24.3 Å². The third kappa shape index (κ3) is 3.06. The second kappa shape index (κ2) is 6.24. The summed E-state index contributed by atoms with van der Waals surface area (Å²) >= 11 is 0. The first-order valence-electron chi connectivity index (χ1n) is 7.26. The standard InChI is InChI=1S/C15H20N4O2/c1-19-12-5-3-2-4-11(12)18-14(19)6-7-17-15(20)13-10-16-8-9-21-13/h2-5,13,16H,6-10H2,1H3,(H,17,20)/t13-/m0/s1. The van der Waals surface area contributed by atoms with Crippen molar-refractivity contribution in [2.75, 3.05) is 26.2 Å². The van der Waals surface area contributed by atoms with Crippen molar-refractivity contribution in [1.82, 2.24) is 20.2 Å². The number of fused-ring (bicyclic) bond motifs is 1. The van der Waals surface area contributed by atoms with E-state index in [1.165, 1.54) is 0 Å². The van der Waals surface area contributed by atoms with Crippen molar-refractivity contribution < 1.29 is 9.53 Å². The van der Waals surface area contributed by atoms with E-state index in [1.807, 2.05) is 31.3 Å². The number of morpholine rings is 1. The molecule has 21 heavy (non-hydrogen) atoms. The number of aromatic nitrogens is 2. The summed E-state index contributed by atoms with van der Waals surface area (Å²) in [7, 11) is 2.00. The molecule has 1 fully saturated rings. The van der Waals surface area contributed by atoms with E-state index in [0.29, 0.717) is 26.1 Å². The van der Waals surface area contributed by atoms with Gasteiger partial charge in [0.1, 0.15) is 11.9 Å². The van der Waals surface area contributed by atoms with Crippen molar-refractivity contribution in [2.45, 2.75) is 12.5 Å². The number of imidazole rings is 1. The van der Waals surface area contributed by atoms with Crippen molar-refractivity contribution >= 4 is 16.9 Å². The zero-order valence-electron chi connectivity index (χ0n) is 12.1. The van der Waals surface area contributed by atoms with Gasteiger partial charge in [-0.25, -0.2) is 4.98 Å². The molecule has 0 bridgehead atoms. The van der Waals surface area contributed by atoms with Crippen LogP contribution in [0.1, 0.15) is 5.82 Å². The number of carbonyl (C=O) groups is 1. The molecule has 0 radical (unpaired) electrons. The molecule has 2 aromatic rings. The van der Waals surface area contributed by atoms with E-state index >= 15 is 0 Å². The average Bonchev–Trinajstić information content (AvgIpc) is 2.85. The van der Waals surface area contributed by atoms with Crippen LogP contribution in [0.5, 0.6) is 0 Å². The maximum Gasteiger partial charge on any atom is 0.250 e. The van der Waals surface area contributed by atoms with Crippen LogP contribution in [0.3, 0.4) is 0 Å². The molecule has 1 atom stereocenters. The number of benzene rings is 1. The Kier molecular flexibility index (Phi) is 4.17. The van der Waals surface area contributed by atoms with Gasteiger partial charge in [-0.05, 0) is 12.1 Å². The summed E-state index contributed by atoms with van der Waals surface area (Å²) in [4.78, 5) is 16.5. The van der Waals surface area contributed by atoms with E-state index in [-0.39, 0.29) is 12.0 Å². The van der Waals surface area contributed by atoms with Gasteiger partial charge >= 0.3 is 0 Å². The fraction of sp³-hybridized carbons (Fsp3) is 0.467. The molecule has 1 aliphatic rings. The van der Waals surface area contributed by atoms with Gasteiger partial charge < -0.3 is 19.9 Å². The monoisotopic (exact) mass is 288 g/mol. The molecule has 1 amide bonds. The Morgan fingerprint density at radius 2 is 2.38 bits per heavy atom. The summed E-state index contributed by atoms with van der Waals surface area (Å²) in [6.07, 6.45) is 0.330. The predicted octanol–water partition coefficient (Wildman–Crippen LogP) is 0.220. The third-order valence-corrected chi connectivity index (χ3v) is 3.75. The fourth-order valence-electron chi connectivity index (χ4n) is 2.56. The number of amides is 1. The number of hydrogen-bond donors (Lipinski definition) is 2. The molecule has 0 aliphatic carbocycles. The molecule has 0 saturated carbocycles. The highest BCUT2D eigenvalue weighted by atomic mass is 16.5. The Labute approximate surface area is 123 Å². The molecule has 6 heteroatoms. The van der Waals surface area contributed by atoms with Crippen LogP contribution in [0.4, 0.5) is 0 Å². The van der Waals surface area contributed by atoms with Gasteiger partial charge in [0.05, 0.1) is 17.6 Å². The first kappa shape index (κ1) is 14.0. The second-order valence-electron chi connectivity index (χ2n) is 5.18. The fourth-order valence-corrected chi connectivity index (χ4v) is 2.56. The van der Waals surface area contributed by atoms with Crippen LogP contribution in [-0.2, 0) is 23.0 Å². The van der Waals surface area contributed by atoms with Gasteiger partial charge in [-0.1, -0.05) is 12.1 Å². The SMILES string of the molecule is Cn1c(CCNC(=O)[C@@H]2CNCCO2)nc2ccccc21. The summed E-state index contributed by atoms with van der Waals surface area (Å²) in [6.45, 7) is 2.54. The summed E-state index contributed by atoms with van der Waals surface area (Å²) in [6, 6.07) is 8.03. The minimum Gasteiger partial charge on any atom is -0.366 e. The molecule has 1 saturated heterocycles. The maximum absolute atomic E-state index is 11.9. The van der Waals surface area contributed by atoms with Gasteiger partial charge in [0.2, 0.25) is 5.91 Å². The highest BCUT2D eigenvalue weighted by Gasteiger charge is 2.21. The molecule has 6 nitrogen and oxygen atoms in total. The molecular formula is C15H20N4O2. The Morgan fingerprint density at radius 3 is 3.14 bits per heavy atom. The molecule has 112 valence electrons. The minimum atomic E-state index is -0.376. The van der Waals surface area contributed by atoms with E-state index in [2.05, 4.69) is 20.2 Å². The van der Waals surface area contributed by atoms with Gasteiger partial charge in [-0.2, -0.15) is 0 Å². The normalized spacial score (nSPS) is 18.8. The maximum atomic E-state index is 11.9. The van der Waals surface area contributed by atoms with Crippen LogP contribution in [0.2, 0.25) is 0 Å². The molecule has 2 heterocycles. The molecule has 0 spiro atoms. The number of para-hydroxylation sites is 2. The number of nitrogens with zero attached hydrogens (tertiary/aromatic N) is 2. The Bertz CT molecular complexity index is 632.